The fourth-order valence-corrected chi connectivity index (χ4v) is 1.08. The lowest BCUT2D eigenvalue weighted by Crippen LogP contribution is -2.43. The molecule has 0 radical (unpaired) electrons. The quantitative estimate of drug-likeness (QED) is 0.195. The maximum Gasteiger partial charge on any atom is 0.320 e. The van der Waals surface area contributed by atoms with Crippen LogP contribution in [0.3, 0.4) is 0 Å². The smallest absolute Gasteiger partial charge is 0.320 e. The average Bonchev–Trinajstić information content (AvgIpc) is 2.21. The summed E-state index contributed by atoms with van der Waals surface area (Å²) in [6, 6.07) is -1.62. The number of aliphatic imine (C=N–C) groups is 1. The van der Waals surface area contributed by atoms with Gasteiger partial charge in [-0.25, -0.2) is 0 Å². The highest BCUT2D eigenvalue weighted by Gasteiger charge is 2.18. The van der Waals surface area contributed by atoms with Crippen LogP contribution in [0.4, 0.5) is 0 Å². The Labute approximate surface area is 97.7 Å². The van der Waals surface area contributed by atoms with Crippen LogP contribution >= 0.6 is 0 Å². The Morgan fingerprint density at radius 2 is 1.88 bits per heavy atom. The van der Waals surface area contributed by atoms with Gasteiger partial charge in [-0.15, -0.1) is 0 Å². The van der Waals surface area contributed by atoms with Gasteiger partial charge in [-0.2, -0.15) is 0 Å². The van der Waals surface area contributed by atoms with Gasteiger partial charge in [-0.3, -0.25) is 14.6 Å². The predicted molar refractivity (Wildman–Crippen MR) is 60.3 cm³/mol. The first-order chi connectivity index (χ1) is 7.82. The molecule has 0 fully saturated rings. The monoisotopic (exact) mass is 247 g/mol. The Hall–Kier alpha value is -1.87. The Morgan fingerprint density at radius 3 is 2.29 bits per heavy atom. The summed E-state index contributed by atoms with van der Waals surface area (Å²) in [5.74, 6) is -2.39. The van der Waals surface area contributed by atoms with Crippen molar-refractivity contribution >= 4 is 17.9 Å². The van der Waals surface area contributed by atoms with E-state index < -0.39 is 24.0 Å². The van der Waals surface area contributed by atoms with Crippen LogP contribution in [0, 0.1) is 0 Å². The minimum atomic E-state index is -1.17. The number of carbonyl (C=O) groups is 2. The van der Waals surface area contributed by atoms with Crippen molar-refractivity contribution in [3.8, 4) is 0 Å². The molecule has 0 saturated carbocycles. The summed E-state index contributed by atoms with van der Waals surface area (Å²) in [4.78, 5) is 24.6. The van der Waals surface area contributed by atoms with Gasteiger partial charge < -0.3 is 32.7 Å². The molecule has 0 bridgehead atoms. The van der Waals surface area contributed by atoms with E-state index in [2.05, 4.69) is 10.3 Å². The predicted octanol–water partition coefficient (Wildman–Crippen LogP) is -2.90. The molecule has 1 unspecified atom stereocenters. The summed E-state index contributed by atoms with van der Waals surface area (Å²) in [5, 5.41) is 19.7. The van der Waals surface area contributed by atoms with Crippen LogP contribution in [0.5, 0.6) is 0 Å². The Morgan fingerprint density at radius 1 is 1.29 bits per heavy atom. The lowest BCUT2D eigenvalue weighted by molar-refractivity contribution is -0.138. The van der Waals surface area contributed by atoms with E-state index in [4.69, 9.17) is 27.4 Å². The molecule has 0 amide bonds. The van der Waals surface area contributed by atoms with Crippen molar-refractivity contribution in [2.75, 3.05) is 13.1 Å². The number of rotatable bonds is 8. The summed E-state index contributed by atoms with van der Waals surface area (Å²) >= 11 is 0. The van der Waals surface area contributed by atoms with Crippen molar-refractivity contribution in [1.29, 1.82) is 0 Å². The molecule has 9 nitrogen and oxygen atoms in total. The van der Waals surface area contributed by atoms with Crippen LogP contribution in [-0.2, 0) is 9.59 Å². The van der Waals surface area contributed by atoms with E-state index in [0.717, 1.165) is 0 Å². The van der Waals surface area contributed by atoms with E-state index in [1.54, 1.807) is 0 Å². The molecule has 2 atom stereocenters. The maximum absolute atomic E-state index is 10.6. The van der Waals surface area contributed by atoms with Gasteiger partial charge >= 0.3 is 11.9 Å². The van der Waals surface area contributed by atoms with E-state index in [1.165, 1.54) is 0 Å². The van der Waals surface area contributed by atoms with Gasteiger partial charge in [0.1, 0.15) is 6.04 Å². The molecule has 98 valence electrons. The maximum atomic E-state index is 10.6. The van der Waals surface area contributed by atoms with Crippen molar-refractivity contribution in [2.24, 2.45) is 22.2 Å². The van der Waals surface area contributed by atoms with E-state index in [-0.39, 0.29) is 25.5 Å². The number of hydrogen-bond donors (Lipinski definition) is 6. The fourth-order valence-electron chi connectivity index (χ4n) is 1.08. The van der Waals surface area contributed by atoms with Crippen molar-refractivity contribution in [2.45, 2.75) is 18.5 Å². The zero-order valence-corrected chi connectivity index (χ0v) is 9.17. The normalized spacial score (nSPS) is 13.7. The first-order valence-electron chi connectivity index (χ1n) is 4.82. The summed E-state index contributed by atoms with van der Waals surface area (Å²) in [6.07, 6.45) is 0.0272. The van der Waals surface area contributed by atoms with Crippen molar-refractivity contribution in [3.63, 3.8) is 0 Å². The van der Waals surface area contributed by atoms with Gasteiger partial charge in [0.2, 0.25) is 0 Å². The van der Waals surface area contributed by atoms with Crippen LogP contribution in [0.1, 0.15) is 6.42 Å². The number of nitrogens with zero attached hydrogens (tertiary/aromatic N) is 1. The van der Waals surface area contributed by atoms with Gasteiger partial charge in [0.05, 0.1) is 13.1 Å². The summed E-state index contributed by atoms with van der Waals surface area (Å²) in [5.41, 5.74) is 15.6. The first kappa shape index (κ1) is 15.1. The zero-order chi connectivity index (χ0) is 13.4. The number of guanidine groups is 1. The van der Waals surface area contributed by atoms with Crippen LogP contribution in [0.15, 0.2) is 4.99 Å². The largest absolute Gasteiger partial charge is 0.480 e. The van der Waals surface area contributed by atoms with E-state index >= 15 is 0 Å². The highest BCUT2D eigenvalue weighted by atomic mass is 16.4. The second-order valence-corrected chi connectivity index (χ2v) is 3.42. The first-order valence-corrected chi connectivity index (χ1v) is 4.82. The molecule has 0 heterocycles. The molecule has 0 aliphatic rings. The SMILES string of the molecule is NC(N)=NCC(C[C@H](N)C(=O)O)NCC(=O)O. The van der Waals surface area contributed by atoms with Gasteiger partial charge in [0.15, 0.2) is 5.96 Å². The highest BCUT2D eigenvalue weighted by Crippen LogP contribution is 1.98. The van der Waals surface area contributed by atoms with Gasteiger partial charge in [-0.05, 0) is 6.42 Å². The molecule has 0 aliphatic heterocycles. The number of carboxylic acid groups (broad SMARTS) is 2. The molecule has 0 aromatic carbocycles. The molecule has 0 aromatic heterocycles. The Kier molecular flexibility index (Phi) is 6.60. The van der Waals surface area contributed by atoms with Crippen molar-refractivity contribution in [3.05, 3.63) is 0 Å². The van der Waals surface area contributed by atoms with E-state index in [9.17, 15) is 9.59 Å². The zero-order valence-electron chi connectivity index (χ0n) is 9.17. The van der Waals surface area contributed by atoms with E-state index in [0.29, 0.717) is 0 Å². The van der Waals surface area contributed by atoms with Crippen LogP contribution < -0.4 is 22.5 Å². The Bertz CT molecular complexity index is 302. The van der Waals surface area contributed by atoms with Crippen molar-refractivity contribution in [1.82, 2.24) is 5.32 Å². The molecule has 0 aliphatic carbocycles. The number of hydrogen-bond acceptors (Lipinski definition) is 5. The highest BCUT2D eigenvalue weighted by molar-refractivity contribution is 5.75. The summed E-state index contributed by atoms with van der Waals surface area (Å²) in [7, 11) is 0. The van der Waals surface area contributed by atoms with Crippen LogP contribution in [0.2, 0.25) is 0 Å². The van der Waals surface area contributed by atoms with E-state index in [1.807, 2.05) is 0 Å². The molecule has 0 saturated heterocycles. The molecule has 0 rings (SSSR count). The third-order valence-electron chi connectivity index (χ3n) is 1.89. The molecule has 9 N–H and O–H groups in total. The second-order valence-electron chi connectivity index (χ2n) is 3.42. The lowest BCUT2D eigenvalue weighted by atomic mass is 10.1. The summed E-state index contributed by atoms with van der Waals surface area (Å²) < 4.78 is 0. The molecule has 0 aromatic rings. The number of aliphatic carboxylic acids is 2. The van der Waals surface area contributed by atoms with Crippen molar-refractivity contribution < 1.29 is 19.8 Å². The molecule has 17 heavy (non-hydrogen) atoms. The molecular formula is C8H17N5O4. The second kappa shape index (κ2) is 7.41. The third-order valence-corrected chi connectivity index (χ3v) is 1.89. The third kappa shape index (κ3) is 7.99. The van der Waals surface area contributed by atoms with Gasteiger partial charge in [0.25, 0.3) is 0 Å². The van der Waals surface area contributed by atoms with Crippen LogP contribution in [-0.4, -0.2) is 53.3 Å². The average molecular weight is 247 g/mol. The number of nitrogens with one attached hydrogen (secondary N) is 1. The topological polar surface area (TPSA) is 177 Å². The number of nitrogens with two attached hydrogens (primary N) is 3. The van der Waals surface area contributed by atoms with Crippen LogP contribution in [0.25, 0.3) is 0 Å². The van der Waals surface area contributed by atoms with Gasteiger partial charge in [0, 0.05) is 6.04 Å². The standard InChI is InChI=1S/C8H17N5O4/c9-5(7(16)17)1-4(2-13-8(10)11)12-3-6(14)15/h4-5,12H,1-3,9H2,(H,14,15)(H,16,17)(H4,10,11,13)/t4?,5-/m0/s1. The molecule has 9 heteroatoms. The minimum Gasteiger partial charge on any atom is -0.480 e. The lowest BCUT2D eigenvalue weighted by Gasteiger charge is -2.17. The van der Waals surface area contributed by atoms with Gasteiger partial charge in [-0.1, -0.05) is 0 Å². The number of carboxylic acids is 2. The molecule has 0 spiro atoms. The molecular weight excluding hydrogens is 230 g/mol. The Balaban J connectivity index is 4.33. The summed E-state index contributed by atoms with van der Waals surface area (Å²) in [6.45, 7) is -0.256. The minimum absolute atomic E-state index is 0.0272. The fraction of sp³-hybridized carbons (Fsp3) is 0.625.